The van der Waals surface area contributed by atoms with Crippen molar-refractivity contribution >= 4 is 27.6 Å². The highest BCUT2D eigenvalue weighted by Gasteiger charge is 2.37. The van der Waals surface area contributed by atoms with Crippen molar-refractivity contribution < 1.29 is 22.7 Å². The number of carbonyl (C=O) groups is 1. The van der Waals surface area contributed by atoms with Gasteiger partial charge in [0.1, 0.15) is 0 Å². The van der Waals surface area contributed by atoms with E-state index in [9.17, 15) is 18.0 Å². The van der Waals surface area contributed by atoms with Crippen LogP contribution in [0.3, 0.4) is 0 Å². The molecular weight excluding hydrogens is 291 g/mol. The first-order valence-electron chi connectivity index (χ1n) is 4.02. The number of alkyl halides is 3. The summed E-state index contributed by atoms with van der Waals surface area (Å²) in [5.41, 5.74) is 3.74. The van der Waals surface area contributed by atoms with Gasteiger partial charge < -0.3 is 10.5 Å². The molecule has 3 nitrogen and oxygen atoms in total. The van der Waals surface area contributed by atoms with Crippen molar-refractivity contribution in [2.24, 2.45) is 0 Å². The standard InChI is InChI=1S/C9H7BrF3NO2/c1-16-8(15)6-4(9(11,12)13)2-3-5(14)7(6)10/h2-3H,14H2,1H3. The van der Waals surface area contributed by atoms with E-state index in [4.69, 9.17) is 5.73 Å². The molecule has 1 rings (SSSR count). The molecule has 0 spiro atoms. The van der Waals surface area contributed by atoms with Gasteiger partial charge >= 0.3 is 12.1 Å². The van der Waals surface area contributed by atoms with E-state index < -0.39 is 23.3 Å². The lowest BCUT2D eigenvalue weighted by molar-refractivity contribution is -0.138. The van der Waals surface area contributed by atoms with Crippen molar-refractivity contribution in [2.45, 2.75) is 6.18 Å². The summed E-state index contributed by atoms with van der Waals surface area (Å²) in [5, 5.41) is 0. The van der Waals surface area contributed by atoms with E-state index in [1.165, 1.54) is 0 Å². The van der Waals surface area contributed by atoms with E-state index in [1.807, 2.05) is 0 Å². The van der Waals surface area contributed by atoms with Gasteiger partial charge in [0.05, 0.1) is 22.7 Å². The minimum Gasteiger partial charge on any atom is -0.465 e. The lowest BCUT2D eigenvalue weighted by Crippen LogP contribution is -2.15. The molecule has 7 heteroatoms. The third-order valence-corrected chi connectivity index (χ3v) is 2.72. The minimum atomic E-state index is -4.64. The smallest absolute Gasteiger partial charge is 0.417 e. The van der Waals surface area contributed by atoms with Crippen LogP contribution >= 0.6 is 15.9 Å². The van der Waals surface area contributed by atoms with Gasteiger partial charge in [0.25, 0.3) is 0 Å². The number of nitrogens with two attached hydrogens (primary N) is 1. The van der Waals surface area contributed by atoms with E-state index in [2.05, 4.69) is 20.7 Å². The summed E-state index contributed by atoms with van der Waals surface area (Å²) in [7, 11) is 0.998. The first kappa shape index (κ1) is 12.8. The lowest BCUT2D eigenvalue weighted by atomic mass is 10.1. The predicted molar refractivity (Wildman–Crippen MR) is 54.9 cm³/mol. The molecule has 2 N–H and O–H groups in total. The molecule has 0 fully saturated rings. The van der Waals surface area contributed by atoms with Crippen LogP contribution in [0.1, 0.15) is 15.9 Å². The third kappa shape index (κ3) is 2.29. The van der Waals surface area contributed by atoms with Crippen molar-refractivity contribution in [1.29, 1.82) is 0 Å². The first-order valence-corrected chi connectivity index (χ1v) is 4.81. The molecule has 0 aliphatic rings. The van der Waals surface area contributed by atoms with E-state index in [-0.39, 0.29) is 10.2 Å². The van der Waals surface area contributed by atoms with Gasteiger partial charge in [0.2, 0.25) is 0 Å². The zero-order chi connectivity index (χ0) is 12.5. The van der Waals surface area contributed by atoms with Gasteiger partial charge in [-0.15, -0.1) is 0 Å². The summed E-state index contributed by atoms with van der Waals surface area (Å²) in [6.45, 7) is 0. The maximum absolute atomic E-state index is 12.6. The number of carbonyl (C=O) groups excluding carboxylic acids is 1. The third-order valence-electron chi connectivity index (χ3n) is 1.87. The molecule has 88 valence electrons. The van der Waals surface area contributed by atoms with Gasteiger partial charge in [0, 0.05) is 5.69 Å². The van der Waals surface area contributed by atoms with Crippen molar-refractivity contribution in [1.82, 2.24) is 0 Å². The number of hydrogen-bond acceptors (Lipinski definition) is 3. The second kappa shape index (κ2) is 4.32. The van der Waals surface area contributed by atoms with Gasteiger partial charge in [-0.2, -0.15) is 13.2 Å². The quantitative estimate of drug-likeness (QED) is 0.640. The average Bonchev–Trinajstić information content (AvgIpc) is 2.19. The Bertz CT molecular complexity index is 431. The van der Waals surface area contributed by atoms with Gasteiger partial charge in [-0.3, -0.25) is 0 Å². The Morgan fingerprint density at radius 3 is 2.44 bits per heavy atom. The Hall–Kier alpha value is -1.24. The van der Waals surface area contributed by atoms with Gasteiger partial charge in [-0.05, 0) is 28.1 Å². The average molecular weight is 298 g/mol. The summed E-state index contributed by atoms with van der Waals surface area (Å²) in [6, 6.07) is 1.81. The second-order valence-corrected chi connectivity index (χ2v) is 3.67. The van der Waals surface area contributed by atoms with E-state index in [0.29, 0.717) is 0 Å². The second-order valence-electron chi connectivity index (χ2n) is 2.88. The van der Waals surface area contributed by atoms with E-state index >= 15 is 0 Å². The molecule has 0 saturated carbocycles. The first-order chi connectivity index (χ1) is 7.29. The molecule has 0 bridgehead atoms. The summed E-state index contributed by atoms with van der Waals surface area (Å²) in [4.78, 5) is 11.2. The van der Waals surface area contributed by atoms with Crippen LogP contribution in [0.5, 0.6) is 0 Å². The largest absolute Gasteiger partial charge is 0.465 e. The molecule has 0 aromatic heterocycles. The van der Waals surface area contributed by atoms with Crippen molar-refractivity contribution in [3.8, 4) is 0 Å². The van der Waals surface area contributed by atoms with Crippen LogP contribution in [0.15, 0.2) is 16.6 Å². The van der Waals surface area contributed by atoms with Gasteiger partial charge in [-0.1, -0.05) is 0 Å². The van der Waals surface area contributed by atoms with Crippen LogP contribution in [0.25, 0.3) is 0 Å². The Kier molecular flexibility index (Phi) is 3.47. The maximum Gasteiger partial charge on any atom is 0.417 e. The van der Waals surface area contributed by atoms with E-state index in [1.54, 1.807) is 0 Å². The number of nitrogen functional groups attached to an aromatic ring is 1. The van der Waals surface area contributed by atoms with E-state index in [0.717, 1.165) is 19.2 Å². The molecule has 1 aromatic carbocycles. The maximum atomic E-state index is 12.6. The number of hydrogen-bond donors (Lipinski definition) is 1. The Morgan fingerprint density at radius 2 is 2.00 bits per heavy atom. The molecule has 0 heterocycles. The Labute approximate surface area is 97.5 Å². The molecule has 0 unspecified atom stereocenters. The molecule has 0 radical (unpaired) electrons. The fraction of sp³-hybridized carbons (Fsp3) is 0.222. The summed E-state index contributed by atoms with van der Waals surface area (Å²) in [5.74, 6) is -1.09. The Balaban J connectivity index is 3.51. The monoisotopic (exact) mass is 297 g/mol. The van der Waals surface area contributed by atoms with Crippen molar-refractivity contribution in [3.05, 3.63) is 27.7 Å². The van der Waals surface area contributed by atoms with Crippen LogP contribution in [-0.4, -0.2) is 13.1 Å². The zero-order valence-electron chi connectivity index (χ0n) is 8.06. The normalized spacial score (nSPS) is 11.3. The molecule has 1 aromatic rings. The number of halogens is 4. The van der Waals surface area contributed by atoms with Gasteiger partial charge in [0.15, 0.2) is 0 Å². The molecular formula is C9H7BrF3NO2. The van der Waals surface area contributed by atoms with Crippen LogP contribution in [0, 0.1) is 0 Å². The number of rotatable bonds is 1. The predicted octanol–water partition coefficient (Wildman–Crippen LogP) is 2.84. The van der Waals surface area contributed by atoms with Crippen LogP contribution in [0.2, 0.25) is 0 Å². The van der Waals surface area contributed by atoms with Crippen molar-refractivity contribution in [3.63, 3.8) is 0 Å². The fourth-order valence-electron chi connectivity index (χ4n) is 1.13. The van der Waals surface area contributed by atoms with Crippen LogP contribution in [-0.2, 0) is 10.9 Å². The number of anilines is 1. The highest BCUT2D eigenvalue weighted by atomic mass is 79.9. The fourth-order valence-corrected chi connectivity index (χ4v) is 1.64. The molecule has 0 amide bonds. The molecule has 0 atom stereocenters. The molecule has 0 saturated heterocycles. The number of esters is 1. The topological polar surface area (TPSA) is 52.3 Å². The summed E-state index contributed by atoms with van der Waals surface area (Å²) >= 11 is 2.84. The lowest BCUT2D eigenvalue weighted by Gasteiger charge is -2.13. The summed E-state index contributed by atoms with van der Waals surface area (Å²) in [6.07, 6.45) is -4.64. The number of methoxy groups -OCH3 is 1. The molecule has 0 aliphatic heterocycles. The number of ether oxygens (including phenoxy) is 1. The molecule has 16 heavy (non-hydrogen) atoms. The molecule has 0 aliphatic carbocycles. The number of benzene rings is 1. The SMILES string of the molecule is COC(=O)c1c(C(F)(F)F)ccc(N)c1Br. The van der Waals surface area contributed by atoms with Gasteiger partial charge in [-0.25, -0.2) is 4.79 Å². The zero-order valence-corrected chi connectivity index (χ0v) is 9.65. The van der Waals surface area contributed by atoms with Crippen LogP contribution < -0.4 is 5.73 Å². The van der Waals surface area contributed by atoms with Crippen molar-refractivity contribution in [2.75, 3.05) is 12.8 Å². The van der Waals surface area contributed by atoms with Crippen LogP contribution in [0.4, 0.5) is 18.9 Å². The Morgan fingerprint density at radius 1 is 1.44 bits per heavy atom. The highest BCUT2D eigenvalue weighted by Crippen LogP contribution is 2.37. The minimum absolute atomic E-state index is 0.0356. The summed E-state index contributed by atoms with van der Waals surface area (Å²) < 4.78 is 41.9. The highest BCUT2D eigenvalue weighted by molar-refractivity contribution is 9.10.